The van der Waals surface area contributed by atoms with Gasteiger partial charge in [-0.1, -0.05) is 35.5 Å². The van der Waals surface area contributed by atoms with Crippen molar-refractivity contribution in [2.75, 3.05) is 13.2 Å². The maximum Gasteiger partial charge on any atom is 0.336 e. The van der Waals surface area contributed by atoms with Crippen molar-refractivity contribution in [3.05, 3.63) is 83.5 Å². The maximum atomic E-state index is 10.3. The number of aryl methyl sites for hydroxylation is 1. The molecule has 2 atom stereocenters. The SMILES string of the molecule is Cc1cc(C[C@@H]2COC[C@H]2N(Cc2ccccc2)Cc2ccncc2)on1.O=C(O)CC(O)(CC(=O)O)C(=O)O. The molecular weight excluding hydrogens is 522 g/mol. The molecule has 0 aliphatic carbocycles. The van der Waals surface area contributed by atoms with Gasteiger partial charge in [0.05, 0.1) is 31.7 Å². The third-order valence-corrected chi connectivity index (χ3v) is 6.42. The molecule has 0 bridgehead atoms. The van der Waals surface area contributed by atoms with Crippen molar-refractivity contribution in [1.29, 1.82) is 0 Å². The molecule has 12 heteroatoms. The van der Waals surface area contributed by atoms with E-state index in [4.69, 9.17) is 29.7 Å². The standard InChI is InChI=1S/C22H25N3O2.C6H8O7/c1-17-11-21(27-24-17)12-20-15-26-16-22(20)25(13-18-5-3-2-4-6-18)14-19-7-9-23-10-8-19;7-3(8)1-6(13,5(11)12)2-4(9)10/h2-11,20,22H,12-16H2,1H3;13H,1-2H2,(H,7,8)(H,9,10)(H,11,12)/t20-,22-;/m1./s1. The number of aliphatic carboxylic acids is 3. The molecule has 0 saturated carbocycles. The highest BCUT2D eigenvalue weighted by atomic mass is 16.5. The van der Waals surface area contributed by atoms with Crippen molar-refractivity contribution in [1.82, 2.24) is 15.0 Å². The van der Waals surface area contributed by atoms with E-state index in [9.17, 15) is 14.4 Å². The largest absolute Gasteiger partial charge is 0.481 e. The lowest BCUT2D eigenvalue weighted by Gasteiger charge is -2.31. The van der Waals surface area contributed by atoms with Crippen LogP contribution >= 0.6 is 0 Å². The molecule has 4 N–H and O–H groups in total. The summed E-state index contributed by atoms with van der Waals surface area (Å²) in [6, 6.07) is 17.2. The highest BCUT2D eigenvalue weighted by Gasteiger charge is 2.40. The molecule has 1 aliphatic heterocycles. The lowest BCUT2D eigenvalue weighted by atomic mass is 9.95. The number of benzene rings is 1. The fraction of sp³-hybridized carbons (Fsp3) is 0.393. The molecule has 0 spiro atoms. The Morgan fingerprint density at radius 2 is 1.55 bits per heavy atom. The lowest BCUT2D eigenvalue weighted by Crippen LogP contribution is -2.42. The summed E-state index contributed by atoms with van der Waals surface area (Å²) < 4.78 is 11.3. The number of carboxylic acids is 3. The number of aromatic nitrogens is 2. The van der Waals surface area contributed by atoms with Gasteiger partial charge in [-0.2, -0.15) is 0 Å². The van der Waals surface area contributed by atoms with Crippen molar-refractivity contribution in [3.63, 3.8) is 0 Å². The molecule has 3 heterocycles. The molecule has 12 nitrogen and oxygen atoms in total. The number of ether oxygens (including phenoxy) is 1. The Morgan fingerprint density at radius 3 is 2.08 bits per heavy atom. The molecule has 0 unspecified atom stereocenters. The van der Waals surface area contributed by atoms with Gasteiger partial charge in [0.15, 0.2) is 5.60 Å². The maximum absolute atomic E-state index is 10.3. The first-order valence-corrected chi connectivity index (χ1v) is 12.6. The van der Waals surface area contributed by atoms with Crippen molar-refractivity contribution in [3.8, 4) is 0 Å². The van der Waals surface area contributed by atoms with Gasteiger partial charge in [0, 0.05) is 49.9 Å². The highest BCUT2D eigenvalue weighted by Crippen LogP contribution is 2.27. The Bertz CT molecular complexity index is 1190. The Labute approximate surface area is 230 Å². The fourth-order valence-electron chi connectivity index (χ4n) is 4.50. The number of carboxylic acid groups (broad SMARTS) is 3. The Morgan fingerprint density at radius 1 is 0.950 bits per heavy atom. The second kappa shape index (κ2) is 14.3. The number of pyridine rings is 1. The van der Waals surface area contributed by atoms with Gasteiger partial charge < -0.3 is 29.7 Å². The fourth-order valence-corrected chi connectivity index (χ4v) is 4.50. The molecule has 4 rings (SSSR count). The van der Waals surface area contributed by atoms with Crippen LogP contribution in [0.15, 0.2) is 65.4 Å². The van der Waals surface area contributed by atoms with Crippen molar-refractivity contribution < 1.29 is 44.1 Å². The van der Waals surface area contributed by atoms with Gasteiger partial charge in [0.2, 0.25) is 0 Å². The summed E-state index contributed by atoms with van der Waals surface area (Å²) in [5.41, 5.74) is 0.769. The number of nitrogens with zero attached hydrogens (tertiary/aromatic N) is 3. The molecule has 1 saturated heterocycles. The van der Waals surface area contributed by atoms with Crippen LogP contribution < -0.4 is 0 Å². The van der Waals surface area contributed by atoms with Crippen LogP contribution in [0.2, 0.25) is 0 Å². The van der Waals surface area contributed by atoms with E-state index in [1.807, 2.05) is 25.4 Å². The van der Waals surface area contributed by atoms with Gasteiger partial charge in [-0.15, -0.1) is 0 Å². The molecule has 3 aromatic rings. The van der Waals surface area contributed by atoms with E-state index in [-0.39, 0.29) is 0 Å². The van der Waals surface area contributed by atoms with E-state index in [0.29, 0.717) is 12.0 Å². The van der Waals surface area contributed by atoms with Crippen LogP contribution in [-0.2, 0) is 38.6 Å². The summed E-state index contributed by atoms with van der Waals surface area (Å²) in [4.78, 5) is 37.1. The van der Waals surface area contributed by atoms with Crippen LogP contribution in [0.25, 0.3) is 0 Å². The van der Waals surface area contributed by atoms with Gasteiger partial charge in [-0.3, -0.25) is 19.5 Å². The van der Waals surface area contributed by atoms with Crippen LogP contribution in [-0.4, -0.2) is 78.2 Å². The number of hydrogen-bond acceptors (Lipinski definition) is 9. The van der Waals surface area contributed by atoms with Crippen LogP contribution in [0.4, 0.5) is 0 Å². The van der Waals surface area contributed by atoms with Crippen molar-refractivity contribution >= 4 is 17.9 Å². The summed E-state index contributed by atoms with van der Waals surface area (Å²) in [6.07, 6.45) is 2.28. The topological polar surface area (TPSA) is 184 Å². The molecule has 0 amide bonds. The summed E-state index contributed by atoms with van der Waals surface area (Å²) in [5.74, 6) is -3.69. The predicted molar refractivity (Wildman–Crippen MR) is 140 cm³/mol. The minimum atomic E-state index is -2.74. The number of aliphatic hydroxyl groups is 1. The average molecular weight is 556 g/mol. The van der Waals surface area contributed by atoms with E-state index in [0.717, 1.165) is 44.2 Å². The number of hydrogen-bond donors (Lipinski definition) is 4. The molecule has 40 heavy (non-hydrogen) atoms. The normalized spacial score (nSPS) is 16.8. The second-order valence-corrected chi connectivity index (χ2v) is 9.73. The van der Waals surface area contributed by atoms with Crippen molar-refractivity contribution in [2.24, 2.45) is 5.92 Å². The third kappa shape index (κ3) is 9.26. The zero-order valence-corrected chi connectivity index (χ0v) is 22.0. The van der Waals surface area contributed by atoms with E-state index >= 15 is 0 Å². The Kier molecular flexibility index (Phi) is 10.9. The molecular formula is C28H33N3O9. The Hall–Kier alpha value is -4.13. The third-order valence-electron chi connectivity index (χ3n) is 6.42. The van der Waals surface area contributed by atoms with Gasteiger partial charge in [0.25, 0.3) is 0 Å². The molecule has 2 aromatic heterocycles. The summed E-state index contributed by atoms with van der Waals surface area (Å²) in [7, 11) is 0. The van der Waals surface area contributed by atoms with Crippen molar-refractivity contribution in [2.45, 2.75) is 50.9 Å². The van der Waals surface area contributed by atoms with E-state index in [1.54, 1.807) is 0 Å². The summed E-state index contributed by atoms with van der Waals surface area (Å²) in [6.45, 7) is 5.23. The lowest BCUT2D eigenvalue weighted by molar-refractivity contribution is -0.170. The second-order valence-electron chi connectivity index (χ2n) is 9.73. The van der Waals surface area contributed by atoms with Crippen LogP contribution in [0.1, 0.15) is 35.4 Å². The highest BCUT2D eigenvalue weighted by molar-refractivity contribution is 5.88. The van der Waals surface area contributed by atoms with E-state index in [2.05, 4.69) is 57.5 Å². The van der Waals surface area contributed by atoms with Gasteiger partial charge in [-0.05, 0) is 30.2 Å². The summed E-state index contributed by atoms with van der Waals surface area (Å²) in [5, 5.41) is 37.8. The number of carbonyl (C=O) groups is 3. The monoisotopic (exact) mass is 555 g/mol. The Balaban J connectivity index is 0.000000289. The average Bonchev–Trinajstić information content (AvgIpc) is 3.53. The molecule has 1 aliphatic rings. The quantitative estimate of drug-likeness (QED) is 0.256. The minimum Gasteiger partial charge on any atom is -0.481 e. The molecule has 1 fully saturated rings. The van der Waals surface area contributed by atoms with Gasteiger partial charge >= 0.3 is 17.9 Å². The van der Waals surface area contributed by atoms with Crippen LogP contribution in [0.3, 0.4) is 0 Å². The molecule has 1 aromatic carbocycles. The van der Waals surface area contributed by atoms with Gasteiger partial charge in [-0.25, -0.2) is 4.79 Å². The predicted octanol–water partition coefficient (Wildman–Crippen LogP) is 2.39. The summed E-state index contributed by atoms with van der Waals surface area (Å²) >= 11 is 0. The molecule has 214 valence electrons. The van der Waals surface area contributed by atoms with E-state index < -0.39 is 36.4 Å². The first-order chi connectivity index (χ1) is 19.1. The smallest absolute Gasteiger partial charge is 0.336 e. The first kappa shape index (κ1) is 30.4. The molecule has 0 radical (unpaired) electrons. The minimum absolute atomic E-state index is 0.337. The zero-order valence-electron chi connectivity index (χ0n) is 22.0. The number of rotatable bonds is 12. The van der Waals surface area contributed by atoms with Gasteiger partial charge in [0.1, 0.15) is 5.76 Å². The zero-order chi connectivity index (χ0) is 29.1. The first-order valence-electron chi connectivity index (χ1n) is 12.6. The van der Waals surface area contributed by atoms with Crippen LogP contribution in [0.5, 0.6) is 0 Å². The van der Waals surface area contributed by atoms with E-state index in [1.165, 1.54) is 11.1 Å². The van der Waals surface area contributed by atoms with Crippen LogP contribution in [0, 0.1) is 12.8 Å².